The average Bonchev–Trinajstić information content (AvgIpc) is 2.42. The fourth-order valence-electron chi connectivity index (χ4n) is 1.75. The van der Waals surface area contributed by atoms with Crippen molar-refractivity contribution >= 4 is 17.3 Å². The number of rotatable bonds is 3. The number of nitrogens with zero attached hydrogens (tertiary/aromatic N) is 1. The first kappa shape index (κ1) is 13.7. The fourth-order valence-corrected chi connectivity index (χ4v) is 1.75. The Kier molecular flexibility index (Phi) is 3.79. The topological polar surface area (TPSA) is 72.8 Å². The van der Waals surface area contributed by atoms with Crippen molar-refractivity contribution in [3.8, 4) is 11.5 Å². The van der Waals surface area contributed by atoms with Crippen molar-refractivity contribution in [2.75, 3.05) is 24.3 Å². The molecule has 2 aromatic rings. The maximum absolute atomic E-state index is 12.0. The minimum Gasteiger partial charge on any atom is -0.508 e. The molecule has 0 fully saturated rings. The molecule has 0 bridgehead atoms. The number of hydrogen-bond donors (Lipinski definition) is 3. The highest BCUT2D eigenvalue weighted by Crippen LogP contribution is 2.23. The van der Waals surface area contributed by atoms with Gasteiger partial charge in [-0.2, -0.15) is 0 Å². The van der Waals surface area contributed by atoms with E-state index in [1.165, 1.54) is 18.2 Å². The molecule has 0 aliphatic heterocycles. The Bertz CT molecular complexity index is 622. The van der Waals surface area contributed by atoms with Crippen LogP contribution >= 0.6 is 0 Å². The van der Waals surface area contributed by atoms with E-state index in [0.29, 0.717) is 5.69 Å². The number of benzene rings is 2. The summed E-state index contributed by atoms with van der Waals surface area (Å²) in [5, 5.41) is 21.6. The van der Waals surface area contributed by atoms with E-state index in [1.54, 1.807) is 12.1 Å². The molecule has 3 N–H and O–H groups in total. The van der Waals surface area contributed by atoms with Gasteiger partial charge < -0.3 is 20.4 Å². The van der Waals surface area contributed by atoms with E-state index >= 15 is 0 Å². The van der Waals surface area contributed by atoms with Crippen LogP contribution < -0.4 is 10.2 Å². The van der Waals surface area contributed by atoms with E-state index in [4.69, 9.17) is 0 Å². The molecule has 0 radical (unpaired) electrons. The van der Waals surface area contributed by atoms with E-state index in [2.05, 4.69) is 5.32 Å². The van der Waals surface area contributed by atoms with E-state index in [-0.39, 0.29) is 17.1 Å². The molecule has 20 heavy (non-hydrogen) atoms. The van der Waals surface area contributed by atoms with Crippen molar-refractivity contribution in [1.29, 1.82) is 0 Å². The minimum atomic E-state index is -0.476. The van der Waals surface area contributed by atoms with Crippen LogP contribution in [-0.4, -0.2) is 30.2 Å². The standard InChI is InChI=1S/C15H16N2O3/c1-17(2)11-5-3-10(4-6-11)16-15(20)13-9-12(18)7-8-14(13)19/h3-9,18-19H,1-2H3,(H,16,20). The van der Waals surface area contributed by atoms with Crippen molar-refractivity contribution in [1.82, 2.24) is 0 Å². The van der Waals surface area contributed by atoms with Gasteiger partial charge in [0.25, 0.3) is 5.91 Å². The van der Waals surface area contributed by atoms with Gasteiger partial charge in [0.15, 0.2) is 0 Å². The van der Waals surface area contributed by atoms with E-state index in [1.807, 2.05) is 31.1 Å². The van der Waals surface area contributed by atoms with Gasteiger partial charge in [-0.1, -0.05) is 0 Å². The van der Waals surface area contributed by atoms with Gasteiger partial charge in [0.1, 0.15) is 11.5 Å². The summed E-state index contributed by atoms with van der Waals surface area (Å²) in [7, 11) is 3.86. The highest BCUT2D eigenvalue weighted by Gasteiger charge is 2.12. The lowest BCUT2D eigenvalue weighted by atomic mass is 10.1. The third-order valence-corrected chi connectivity index (χ3v) is 2.87. The lowest BCUT2D eigenvalue weighted by molar-refractivity contribution is 0.102. The van der Waals surface area contributed by atoms with Crippen molar-refractivity contribution in [3.05, 3.63) is 48.0 Å². The summed E-state index contributed by atoms with van der Waals surface area (Å²) in [6.07, 6.45) is 0. The highest BCUT2D eigenvalue weighted by atomic mass is 16.3. The van der Waals surface area contributed by atoms with Crippen LogP contribution in [0.25, 0.3) is 0 Å². The maximum Gasteiger partial charge on any atom is 0.259 e. The predicted octanol–water partition coefficient (Wildman–Crippen LogP) is 2.42. The van der Waals surface area contributed by atoms with Gasteiger partial charge in [-0.05, 0) is 42.5 Å². The largest absolute Gasteiger partial charge is 0.508 e. The average molecular weight is 272 g/mol. The third kappa shape index (κ3) is 3.00. The van der Waals surface area contributed by atoms with Crippen LogP contribution in [0.4, 0.5) is 11.4 Å². The first-order valence-electron chi connectivity index (χ1n) is 6.08. The molecule has 0 saturated carbocycles. The number of aromatic hydroxyl groups is 2. The fraction of sp³-hybridized carbons (Fsp3) is 0.133. The summed E-state index contributed by atoms with van der Waals surface area (Å²) in [5.74, 6) is -0.725. The lowest BCUT2D eigenvalue weighted by Gasteiger charge is -2.13. The minimum absolute atomic E-state index is 0.0293. The first-order chi connectivity index (χ1) is 9.47. The molecule has 104 valence electrons. The Morgan fingerprint density at radius 3 is 2.30 bits per heavy atom. The normalized spacial score (nSPS) is 10.1. The Labute approximate surface area is 117 Å². The Balaban J connectivity index is 2.17. The number of amides is 1. The lowest BCUT2D eigenvalue weighted by Crippen LogP contribution is -2.12. The van der Waals surface area contributed by atoms with E-state index in [0.717, 1.165) is 5.69 Å². The Morgan fingerprint density at radius 1 is 1.05 bits per heavy atom. The zero-order chi connectivity index (χ0) is 14.7. The third-order valence-electron chi connectivity index (χ3n) is 2.87. The maximum atomic E-state index is 12.0. The van der Waals surface area contributed by atoms with Crippen molar-refractivity contribution in [2.45, 2.75) is 0 Å². The molecule has 0 aliphatic carbocycles. The van der Waals surface area contributed by atoms with Crippen LogP contribution in [0.3, 0.4) is 0 Å². The van der Waals surface area contributed by atoms with Gasteiger partial charge in [-0.15, -0.1) is 0 Å². The SMILES string of the molecule is CN(C)c1ccc(NC(=O)c2cc(O)ccc2O)cc1. The second kappa shape index (κ2) is 5.52. The van der Waals surface area contributed by atoms with Gasteiger partial charge in [0.2, 0.25) is 0 Å². The first-order valence-corrected chi connectivity index (χ1v) is 6.08. The van der Waals surface area contributed by atoms with Crippen LogP contribution in [0.2, 0.25) is 0 Å². The highest BCUT2D eigenvalue weighted by molar-refractivity contribution is 6.06. The number of phenolic OH excluding ortho intramolecular Hbond substituents is 2. The van der Waals surface area contributed by atoms with Gasteiger partial charge in [0, 0.05) is 25.5 Å². The summed E-state index contributed by atoms with van der Waals surface area (Å²) in [6.45, 7) is 0. The molecule has 1 amide bonds. The molecule has 0 atom stereocenters. The molecule has 2 aromatic carbocycles. The summed E-state index contributed by atoms with van der Waals surface area (Å²) < 4.78 is 0. The molecule has 0 aliphatic rings. The predicted molar refractivity (Wildman–Crippen MR) is 78.5 cm³/mol. The van der Waals surface area contributed by atoms with Gasteiger partial charge in [-0.3, -0.25) is 4.79 Å². The number of nitrogens with one attached hydrogen (secondary N) is 1. The van der Waals surface area contributed by atoms with Crippen LogP contribution in [0.1, 0.15) is 10.4 Å². The zero-order valence-electron chi connectivity index (χ0n) is 11.3. The van der Waals surface area contributed by atoms with Crippen molar-refractivity contribution < 1.29 is 15.0 Å². The molecule has 0 saturated heterocycles. The van der Waals surface area contributed by atoms with Gasteiger partial charge in [-0.25, -0.2) is 0 Å². The molecular formula is C15H16N2O3. The quantitative estimate of drug-likeness (QED) is 0.750. The smallest absolute Gasteiger partial charge is 0.259 e. The van der Waals surface area contributed by atoms with Crippen LogP contribution in [0, 0.1) is 0 Å². The second-order valence-corrected chi connectivity index (χ2v) is 4.60. The Morgan fingerprint density at radius 2 is 1.70 bits per heavy atom. The number of carbonyl (C=O) groups excluding carboxylic acids is 1. The summed E-state index contributed by atoms with van der Waals surface area (Å²) in [4.78, 5) is 14.0. The molecule has 0 spiro atoms. The van der Waals surface area contributed by atoms with Crippen molar-refractivity contribution in [3.63, 3.8) is 0 Å². The Hall–Kier alpha value is -2.69. The monoisotopic (exact) mass is 272 g/mol. The number of hydrogen-bond acceptors (Lipinski definition) is 4. The van der Waals surface area contributed by atoms with Crippen LogP contribution in [-0.2, 0) is 0 Å². The van der Waals surface area contributed by atoms with Gasteiger partial charge in [0.05, 0.1) is 5.56 Å². The van der Waals surface area contributed by atoms with E-state index in [9.17, 15) is 15.0 Å². The molecular weight excluding hydrogens is 256 g/mol. The van der Waals surface area contributed by atoms with E-state index < -0.39 is 5.91 Å². The second-order valence-electron chi connectivity index (χ2n) is 4.60. The molecule has 5 nitrogen and oxygen atoms in total. The molecule has 0 aromatic heterocycles. The summed E-state index contributed by atoms with van der Waals surface area (Å²) in [5.41, 5.74) is 1.66. The van der Waals surface area contributed by atoms with Crippen LogP contribution in [0.15, 0.2) is 42.5 Å². The number of phenols is 2. The molecule has 5 heteroatoms. The van der Waals surface area contributed by atoms with Crippen molar-refractivity contribution in [2.24, 2.45) is 0 Å². The summed E-state index contributed by atoms with van der Waals surface area (Å²) >= 11 is 0. The zero-order valence-corrected chi connectivity index (χ0v) is 11.3. The van der Waals surface area contributed by atoms with Crippen LogP contribution in [0.5, 0.6) is 11.5 Å². The molecule has 2 rings (SSSR count). The van der Waals surface area contributed by atoms with Gasteiger partial charge >= 0.3 is 0 Å². The number of anilines is 2. The molecule has 0 unspecified atom stereocenters. The molecule has 0 heterocycles. The summed E-state index contributed by atoms with van der Waals surface area (Å²) in [6, 6.07) is 11.1. The number of carbonyl (C=O) groups is 1.